The summed E-state index contributed by atoms with van der Waals surface area (Å²) in [4.78, 5) is 24.4. The second kappa shape index (κ2) is 9.63. The number of hydrogen-bond acceptors (Lipinski definition) is 6. The molecular weight excluding hydrogens is 352 g/mol. The van der Waals surface area contributed by atoms with E-state index in [0.717, 1.165) is 0 Å². The van der Waals surface area contributed by atoms with Gasteiger partial charge in [0.05, 0.1) is 32.2 Å². The first-order chi connectivity index (χ1) is 13.0. The second-order valence-corrected chi connectivity index (χ2v) is 5.68. The van der Waals surface area contributed by atoms with E-state index in [4.69, 9.17) is 18.9 Å². The van der Waals surface area contributed by atoms with E-state index in [1.165, 1.54) is 20.3 Å². The van der Waals surface area contributed by atoms with Crippen molar-refractivity contribution in [1.82, 2.24) is 4.57 Å². The first-order valence-electron chi connectivity index (χ1n) is 8.33. The predicted molar refractivity (Wildman–Crippen MR) is 101 cm³/mol. The first kappa shape index (κ1) is 20.3. The fourth-order valence-corrected chi connectivity index (χ4v) is 2.50. The molecule has 0 atom stereocenters. The molecule has 1 N–H and O–H groups in total. The summed E-state index contributed by atoms with van der Waals surface area (Å²) in [7, 11) is 4.64. The Labute approximate surface area is 157 Å². The first-order valence-corrected chi connectivity index (χ1v) is 8.33. The van der Waals surface area contributed by atoms with Crippen molar-refractivity contribution < 1.29 is 23.7 Å². The Hall–Kier alpha value is -3.00. The second-order valence-electron chi connectivity index (χ2n) is 5.68. The van der Waals surface area contributed by atoms with E-state index < -0.39 is 5.91 Å². The largest absolute Gasteiger partial charge is 0.497 e. The van der Waals surface area contributed by atoms with Crippen LogP contribution in [0.5, 0.6) is 17.2 Å². The zero-order valence-corrected chi connectivity index (χ0v) is 15.9. The summed E-state index contributed by atoms with van der Waals surface area (Å²) in [5.74, 6) is 0.780. The molecule has 2 rings (SSSR count). The average Bonchev–Trinajstić information content (AvgIpc) is 2.67. The monoisotopic (exact) mass is 376 g/mol. The van der Waals surface area contributed by atoms with Crippen molar-refractivity contribution in [2.75, 3.05) is 39.9 Å². The summed E-state index contributed by atoms with van der Waals surface area (Å²) >= 11 is 0. The molecule has 1 aromatic carbocycles. The van der Waals surface area contributed by atoms with Crippen molar-refractivity contribution in [3.63, 3.8) is 0 Å². The highest BCUT2D eigenvalue weighted by Crippen LogP contribution is 2.28. The third-order valence-corrected chi connectivity index (χ3v) is 3.95. The van der Waals surface area contributed by atoms with Gasteiger partial charge in [-0.05, 0) is 19.1 Å². The highest BCUT2D eigenvalue weighted by molar-refractivity contribution is 5.93. The minimum absolute atomic E-state index is 0.140. The van der Waals surface area contributed by atoms with Gasteiger partial charge in [0, 0.05) is 32.0 Å². The Morgan fingerprint density at radius 3 is 2.59 bits per heavy atom. The zero-order chi connectivity index (χ0) is 19.8. The van der Waals surface area contributed by atoms with Crippen LogP contribution in [0.25, 0.3) is 0 Å². The molecule has 0 unspecified atom stereocenters. The van der Waals surface area contributed by atoms with E-state index in [2.05, 4.69) is 5.32 Å². The van der Waals surface area contributed by atoms with Gasteiger partial charge in [-0.15, -0.1) is 0 Å². The Kier molecular flexibility index (Phi) is 7.25. The topological polar surface area (TPSA) is 88.0 Å². The summed E-state index contributed by atoms with van der Waals surface area (Å²) < 4.78 is 22.8. The summed E-state index contributed by atoms with van der Waals surface area (Å²) in [6.07, 6.45) is 1.67. The van der Waals surface area contributed by atoms with Crippen LogP contribution in [0.1, 0.15) is 5.69 Å². The molecule has 0 aliphatic rings. The van der Waals surface area contributed by atoms with E-state index >= 15 is 0 Å². The molecule has 1 aromatic heterocycles. The molecule has 146 valence electrons. The molecule has 0 aliphatic heterocycles. The number of nitrogens with zero attached hydrogens (tertiary/aromatic N) is 1. The number of anilines is 1. The molecule has 27 heavy (non-hydrogen) atoms. The predicted octanol–water partition coefficient (Wildman–Crippen LogP) is 1.84. The molecule has 8 heteroatoms. The van der Waals surface area contributed by atoms with Gasteiger partial charge in [-0.25, -0.2) is 0 Å². The number of carbonyl (C=O) groups is 1. The molecular formula is C19H24N2O6. The van der Waals surface area contributed by atoms with Crippen LogP contribution < -0.4 is 25.0 Å². The Balaban J connectivity index is 2.09. The number of ether oxygens (including phenoxy) is 4. The minimum atomic E-state index is -0.423. The number of carbonyl (C=O) groups excluding carboxylic acids is 1. The van der Waals surface area contributed by atoms with Crippen molar-refractivity contribution >= 4 is 11.6 Å². The molecule has 0 aliphatic carbocycles. The van der Waals surface area contributed by atoms with Crippen molar-refractivity contribution in [1.29, 1.82) is 0 Å². The maximum atomic E-state index is 12.3. The fourth-order valence-electron chi connectivity index (χ4n) is 2.50. The van der Waals surface area contributed by atoms with Crippen LogP contribution in [-0.4, -0.2) is 45.0 Å². The lowest BCUT2D eigenvalue weighted by Gasteiger charge is -2.15. The maximum Gasteiger partial charge on any atom is 0.262 e. The van der Waals surface area contributed by atoms with Gasteiger partial charge in [-0.1, -0.05) is 0 Å². The number of pyridine rings is 1. The molecule has 0 spiro atoms. The van der Waals surface area contributed by atoms with Gasteiger partial charge in [0.15, 0.2) is 12.4 Å². The van der Waals surface area contributed by atoms with E-state index in [1.807, 2.05) is 4.57 Å². The van der Waals surface area contributed by atoms with Crippen LogP contribution in [0, 0.1) is 6.92 Å². The third kappa shape index (κ3) is 5.24. The Morgan fingerprint density at radius 1 is 1.15 bits per heavy atom. The van der Waals surface area contributed by atoms with Crippen LogP contribution in [0.3, 0.4) is 0 Å². The minimum Gasteiger partial charge on any atom is -0.497 e. The lowest BCUT2D eigenvalue weighted by Crippen LogP contribution is -2.24. The lowest BCUT2D eigenvalue weighted by molar-refractivity contribution is -0.118. The smallest absolute Gasteiger partial charge is 0.262 e. The molecule has 0 radical (unpaired) electrons. The van der Waals surface area contributed by atoms with E-state index in [-0.39, 0.29) is 17.8 Å². The SMILES string of the molecule is COCCn1ccc(=O)c(OCC(=O)Nc2cc(OC)ccc2OC)c1C. The molecule has 0 fully saturated rings. The Bertz CT molecular complexity index is 847. The van der Waals surface area contributed by atoms with Crippen LogP contribution in [-0.2, 0) is 16.1 Å². The lowest BCUT2D eigenvalue weighted by atomic mass is 10.2. The number of benzene rings is 1. The van der Waals surface area contributed by atoms with Gasteiger partial charge in [-0.3, -0.25) is 9.59 Å². The normalized spacial score (nSPS) is 10.4. The van der Waals surface area contributed by atoms with Crippen molar-refractivity contribution in [3.05, 3.63) is 46.4 Å². The average molecular weight is 376 g/mol. The highest BCUT2D eigenvalue weighted by atomic mass is 16.5. The van der Waals surface area contributed by atoms with E-state index in [0.29, 0.717) is 36.0 Å². The van der Waals surface area contributed by atoms with Gasteiger partial charge in [0.2, 0.25) is 5.43 Å². The standard InChI is InChI=1S/C19H24N2O6/c1-13-19(16(22)7-8-21(13)9-10-24-2)27-12-18(23)20-15-11-14(25-3)5-6-17(15)26-4/h5-8,11H,9-10,12H2,1-4H3,(H,20,23). The van der Waals surface area contributed by atoms with Gasteiger partial charge in [0.25, 0.3) is 5.91 Å². The van der Waals surface area contributed by atoms with Gasteiger partial charge in [-0.2, -0.15) is 0 Å². The van der Waals surface area contributed by atoms with Crippen LogP contribution in [0.15, 0.2) is 35.3 Å². The van der Waals surface area contributed by atoms with Crippen LogP contribution >= 0.6 is 0 Å². The third-order valence-electron chi connectivity index (χ3n) is 3.95. The number of nitrogens with one attached hydrogen (secondary N) is 1. The van der Waals surface area contributed by atoms with Crippen LogP contribution in [0.4, 0.5) is 5.69 Å². The Morgan fingerprint density at radius 2 is 1.93 bits per heavy atom. The van der Waals surface area contributed by atoms with Crippen molar-refractivity contribution in [2.45, 2.75) is 13.5 Å². The number of rotatable bonds is 9. The number of aromatic nitrogens is 1. The van der Waals surface area contributed by atoms with E-state index in [9.17, 15) is 9.59 Å². The molecule has 2 aromatic rings. The molecule has 1 amide bonds. The number of hydrogen-bond donors (Lipinski definition) is 1. The van der Waals surface area contributed by atoms with Gasteiger partial charge >= 0.3 is 0 Å². The van der Waals surface area contributed by atoms with Crippen molar-refractivity contribution in [3.8, 4) is 17.2 Å². The molecule has 1 heterocycles. The van der Waals surface area contributed by atoms with Gasteiger partial charge in [0.1, 0.15) is 11.5 Å². The molecule has 0 saturated carbocycles. The summed E-state index contributed by atoms with van der Waals surface area (Å²) in [5.41, 5.74) is 0.798. The van der Waals surface area contributed by atoms with Crippen LogP contribution in [0.2, 0.25) is 0 Å². The summed E-state index contributed by atoms with van der Waals surface area (Å²) in [6.45, 7) is 2.52. The number of amides is 1. The molecule has 0 bridgehead atoms. The summed E-state index contributed by atoms with van der Waals surface area (Å²) in [6, 6.07) is 6.45. The van der Waals surface area contributed by atoms with E-state index in [1.54, 1.807) is 38.4 Å². The quantitative estimate of drug-likeness (QED) is 0.718. The molecule has 0 saturated heterocycles. The molecule has 8 nitrogen and oxygen atoms in total. The number of methoxy groups -OCH3 is 3. The fraction of sp³-hybridized carbons (Fsp3) is 0.368. The van der Waals surface area contributed by atoms with Crippen molar-refractivity contribution in [2.24, 2.45) is 0 Å². The highest BCUT2D eigenvalue weighted by Gasteiger charge is 2.13. The summed E-state index contributed by atoms with van der Waals surface area (Å²) in [5, 5.41) is 2.70. The maximum absolute atomic E-state index is 12.3. The zero-order valence-electron chi connectivity index (χ0n) is 15.9. The van der Waals surface area contributed by atoms with Gasteiger partial charge < -0.3 is 28.8 Å².